The highest BCUT2D eigenvalue weighted by molar-refractivity contribution is 9.10. The fraction of sp³-hybridized carbons (Fsp3) is 0. The highest BCUT2D eigenvalue weighted by atomic mass is 79.9. The second-order valence-corrected chi connectivity index (χ2v) is 7.70. The summed E-state index contributed by atoms with van der Waals surface area (Å²) in [4.78, 5) is 26.4. The van der Waals surface area contributed by atoms with Crippen molar-refractivity contribution < 1.29 is 0 Å². The van der Waals surface area contributed by atoms with E-state index in [1.165, 1.54) is 4.52 Å². The van der Waals surface area contributed by atoms with Crippen LogP contribution in [0.5, 0.6) is 0 Å². The number of hydrogen-bond donors (Lipinski definition) is 0. The van der Waals surface area contributed by atoms with Crippen molar-refractivity contribution in [2.24, 2.45) is 0 Å². The van der Waals surface area contributed by atoms with E-state index >= 15 is 0 Å². The van der Waals surface area contributed by atoms with Crippen LogP contribution in [0.3, 0.4) is 0 Å². The molecule has 0 amide bonds. The molecular formula is C22H12BrN3O2. The zero-order chi connectivity index (χ0) is 19.0. The zero-order valence-corrected chi connectivity index (χ0v) is 16.1. The first-order valence-electron chi connectivity index (χ1n) is 8.84. The first-order valence-corrected chi connectivity index (χ1v) is 9.63. The fourth-order valence-electron chi connectivity index (χ4n) is 4.16. The minimum Gasteiger partial charge on any atom is -0.303 e. The lowest BCUT2D eigenvalue weighted by Gasteiger charge is -2.05. The number of halogens is 1. The van der Waals surface area contributed by atoms with Gasteiger partial charge < -0.3 is 4.57 Å². The Kier molecular flexibility index (Phi) is 2.98. The monoisotopic (exact) mass is 429 g/mol. The number of hydrogen-bond acceptors (Lipinski definition) is 2. The second kappa shape index (κ2) is 5.33. The molecule has 28 heavy (non-hydrogen) atoms. The summed E-state index contributed by atoms with van der Waals surface area (Å²) in [6.45, 7) is 0. The number of para-hydroxylation sites is 2. The van der Waals surface area contributed by atoms with Crippen molar-refractivity contribution in [1.82, 2.24) is 13.6 Å². The smallest absolute Gasteiger partial charge is 0.299 e. The molecule has 0 aliphatic carbocycles. The molecule has 0 radical (unpaired) electrons. The van der Waals surface area contributed by atoms with Crippen molar-refractivity contribution in [2.45, 2.75) is 0 Å². The van der Waals surface area contributed by atoms with Crippen molar-refractivity contribution in [3.63, 3.8) is 0 Å². The molecule has 0 aliphatic heterocycles. The summed E-state index contributed by atoms with van der Waals surface area (Å²) >= 11 is 3.48. The Morgan fingerprint density at radius 2 is 1.39 bits per heavy atom. The van der Waals surface area contributed by atoms with Crippen LogP contribution in [0.25, 0.3) is 38.5 Å². The maximum absolute atomic E-state index is 13.4. The molecule has 5 nitrogen and oxygen atoms in total. The van der Waals surface area contributed by atoms with E-state index in [1.807, 2.05) is 71.3 Å². The molecule has 0 spiro atoms. The molecule has 0 unspecified atom stereocenters. The van der Waals surface area contributed by atoms with E-state index in [-0.39, 0.29) is 11.1 Å². The number of aromatic nitrogens is 3. The van der Waals surface area contributed by atoms with Gasteiger partial charge in [-0.3, -0.25) is 9.59 Å². The molecule has 0 saturated carbocycles. The Morgan fingerprint density at radius 1 is 0.643 bits per heavy atom. The molecule has 3 heterocycles. The van der Waals surface area contributed by atoms with Gasteiger partial charge in [-0.15, -0.1) is 0 Å². The van der Waals surface area contributed by atoms with Crippen LogP contribution in [0.4, 0.5) is 0 Å². The zero-order valence-electron chi connectivity index (χ0n) is 14.5. The molecular weight excluding hydrogens is 418 g/mol. The molecule has 134 valence electrons. The molecule has 0 aliphatic rings. The summed E-state index contributed by atoms with van der Waals surface area (Å²) in [5.74, 6) is 0. The van der Waals surface area contributed by atoms with E-state index in [1.54, 1.807) is 10.6 Å². The molecule has 6 rings (SSSR count). The topological polar surface area (TPSA) is 47.9 Å². The third-order valence-electron chi connectivity index (χ3n) is 5.28. The van der Waals surface area contributed by atoms with Gasteiger partial charge in [-0.25, -0.2) is 4.52 Å². The molecule has 0 atom stereocenters. The van der Waals surface area contributed by atoms with Crippen molar-refractivity contribution in [1.29, 1.82) is 0 Å². The van der Waals surface area contributed by atoms with E-state index in [2.05, 4.69) is 15.9 Å². The SMILES string of the molecule is O=c1c2ccc(Br)cc2n2c3c4ccccc4n(-c4ccccc4)c3c(=O)n12. The Morgan fingerprint density at radius 3 is 2.21 bits per heavy atom. The Labute approximate surface area is 166 Å². The molecule has 0 N–H and O–H groups in total. The number of benzene rings is 3. The summed E-state index contributed by atoms with van der Waals surface area (Å²) in [6, 6.07) is 23.1. The van der Waals surface area contributed by atoms with Gasteiger partial charge in [-0.1, -0.05) is 52.3 Å². The Bertz CT molecular complexity index is 1660. The summed E-state index contributed by atoms with van der Waals surface area (Å²) in [5.41, 5.74) is 3.17. The molecule has 0 saturated heterocycles. The molecule has 3 aromatic heterocycles. The minimum atomic E-state index is -0.313. The van der Waals surface area contributed by atoms with Crippen LogP contribution in [0, 0.1) is 0 Å². The molecule has 0 bridgehead atoms. The van der Waals surface area contributed by atoms with Gasteiger partial charge in [0, 0.05) is 15.5 Å². The largest absolute Gasteiger partial charge is 0.303 e. The summed E-state index contributed by atoms with van der Waals surface area (Å²) in [7, 11) is 0. The molecule has 6 heteroatoms. The normalized spacial score (nSPS) is 12.0. The lowest BCUT2D eigenvalue weighted by atomic mass is 10.2. The average Bonchev–Trinajstić information content (AvgIpc) is 3.30. The lowest BCUT2D eigenvalue weighted by molar-refractivity contribution is 0.840. The van der Waals surface area contributed by atoms with Gasteiger partial charge in [0.15, 0.2) is 0 Å². The van der Waals surface area contributed by atoms with Gasteiger partial charge in [0.1, 0.15) is 11.0 Å². The van der Waals surface area contributed by atoms with Gasteiger partial charge in [-0.2, -0.15) is 4.52 Å². The highest BCUT2D eigenvalue weighted by Gasteiger charge is 2.24. The number of fused-ring (bicyclic) bond motifs is 7. The third-order valence-corrected chi connectivity index (χ3v) is 5.77. The van der Waals surface area contributed by atoms with Gasteiger partial charge >= 0.3 is 0 Å². The van der Waals surface area contributed by atoms with Crippen LogP contribution in [0.15, 0.2) is 86.9 Å². The molecule has 0 fully saturated rings. The highest BCUT2D eigenvalue weighted by Crippen LogP contribution is 2.31. The van der Waals surface area contributed by atoms with Crippen LogP contribution in [-0.4, -0.2) is 13.6 Å². The molecule has 6 aromatic rings. The van der Waals surface area contributed by atoms with Crippen molar-refractivity contribution in [3.8, 4) is 5.69 Å². The number of nitrogens with zero attached hydrogens (tertiary/aromatic N) is 3. The van der Waals surface area contributed by atoms with Crippen LogP contribution in [0.1, 0.15) is 0 Å². The van der Waals surface area contributed by atoms with Gasteiger partial charge in [0.05, 0.1) is 16.4 Å². The van der Waals surface area contributed by atoms with E-state index in [4.69, 9.17) is 0 Å². The van der Waals surface area contributed by atoms with Gasteiger partial charge in [-0.05, 0) is 36.4 Å². The van der Waals surface area contributed by atoms with E-state index in [0.717, 1.165) is 26.6 Å². The standard InChI is InChI=1S/C22H12BrN3O2/c23-13-10-11-16-18(12-13)25-19-15-8-4-5-9-17(15)24(14-6-2-1-3-7-14)20(19)22(28)26(25)21(16)27/h1-12H. The van der Waals surface area contributed by atoms with Crippen LogP contribution < -0.4 is 11.1 Å². The maximum atomic E-state index is 13.4. The van der Waals surface area contributed by atoms with Crippen LogP contribution in [-0.2, 0) is 0 Å². The van der Waals surface area contributed by atoms with Crippen LogP contribution in [0.2, 0.25) is 0 Å². The third kappa shape index (κ3) is 1.80. The average molecular weight is 430 g/mol. The van der Waals surface area contributed by atoms with E-state index in [0.29, 0.717) is 16.4 Å². The number of rotatable bonds is 1. The first kappa shape index (κ1) is 15.7. The summed E-state index contributed by atoms with van der Waals surface area (Å²) in [6.07, 6.45) is 0. The molecule has 3 aromatic carbocycles. The summed E-state index contributed by atoms with van der Waals surface area (Å²) in [5, 5.41) is 1.46. The predicted octanol–water partition coefficient (Wildman–Crippen LogP) is 4.21. The van der Waals surface area contributed by atoms with Gasteiger partial charge in [0.2, 0.25) is 0 Å². The predicted molar refractivity (Wildman–Crippen MR) is 114 cm³/mol. The Hall–Kier alpha value is -3.38. The van der Waals surface area contributed by atoms with Gasteiger partial charge in [0.25, 0.3) is 11.1 Å². The maximum Gasteiger partial charge on any atom is 0.299 e. The fourth-order valence-corrected chi connectivity index (χ4v) is 4.51. The quantitative estimate of drug-likeness (QED) is 0.393. The van der Waals surface area contributed by atoms with E-state index < -0.39 is 0 Å². The van der Waals surface area contributed by atoms with Crippen LogP contribution >= 0.6 is 15.9 Å². The summed E-state index contributed by atoms with van der Waals surface area (Å²) < 4.78 is 5.79. The lowest BCUT2D eigenvalue weighted by Crippen LogP contribution is -2.22. The minimum absolute atomic E-state index is 0.299. The second-order valence-electron chi connectivity index (χ2n) is 6.78. The van der Waals surface area contributed by atoms with Crippen molar-refractivity contribution in [2.75, 3.05) is 0 Å². The van der Waals surface area contributed by atoms with Crippen molar-refractivity contribution >= 4 is 48.8 Å². The van der Waals surface area contributed by atoms with E-state index in [9.17, 15) is 9.59 Å². The Balaban J connectivity index is 1.99. The van der Waals surface area contributed by atoms with Crippen molar-refractivity contribution in [3.05, 3.63) is 98.0 Å². The first-order chi connectivity index (χ1) is 13.7.